The largest absolute Gasteiger partial charge is 0.494 e. The maximum atomic E-state index is 13.6. The van der Waals surface area contributed by atoms with Gasteiger partial charge in [-0.25, -0.2) is 17.9 Å². The average Bonchev–Trinajstić information content (AvgIpc) is 3.11. The Morgan fingerprint density at radius 1 is 0.942 bits per heavy atom. The number of carbonyl (C=O) groups is 2. The summed E-state index contributed by atoms with van der Waals surface area (Å²) in [6.07, 6.45) is 1.89. The number of ether oxygens (including phenoxy) is 3. The molecule has 5 rings (SSSR count). The monoisotopic (exact) mass is 732 g/mol. The van der Waals surface area contributed by atoms with Gasteiger partial charge in [-0.15, -0.1) is 0 Å². The van der Waals surface area contributed by atoms with Crippen molar-refractivity contribution < 1.29 is 32.2 Å². The van der Waals surface area contributed by atoms with Gasteiger partial charge in [0.05, 0.1) is 56.3 Å². The summed E-state index contributed by atoms with van der Waals surface area (Å²) in [5, 5.41) is 10.2. The quantitative estimate of drug-likeness (QED) is 0.133. The zero-order valence-electron chi connectivity index (χ0n) is 30.4. The van der Waals surface area contributed by atoms with Crippen LogP contribution in [0, 0.1) is 0 Å². The number of amides is 3. The van der Waals surface area contributed by atoms with Gasteiger partial charge in [-0.2, -0.15) is 0 Å². The minimum absolute atomic E-state index is 0.197. The number of sulfonamides is 1. The lowest BCUT2D eigenvalue weighted by Crippen LogP contribution is -2.38. The molecule has 1 aromatic heterocycles. The summed E-state index contributed by atoms with van der Waals surface area (Å²) in [4.78, 5) is 32.8. The van der Waals surface area contributed by atoms with Gasteiger partial charge in [-0.1, -0.05) is 63.2 Å². The Morgan fingerprint density at radius 2 is 1.67 bits per heavy atom. The number of benzene rings is 3. The van der Waals surface area contributed by atoms with Gasteiger partial charge in [-0.05, 0) is 40.1 Å². The molecule has 0 spiro atoms. The van der Waals surface area contributed by atoms with E-state index >= 15 is 0 Å². The van der Waals surface area contributed by atoms with E-state index in [-0.39, 0.29) is 12.3 Å². The van der Waals surface area contributed by atoms with Gasteiger partial charge >= 0.3 is 6.03 Å². The van der Waals surface area contributed by atoms with Crippen molar-refractivity contribution in [2.45, 2.75) is 38.5 Å². The van der Waals surface area contributed by atoms with E-state index in [9.17, 15) is 18.0 Å². The lowest BCUT2D eigenvalue weighted by Gasteiger charge is -2.26. The van der Waals surface area contributed by atoms with Gasteiger partial charge in [0.15, 0.2) is 0 Å². The molecule has 3 aromatic carbocycles. The number of pyridine rings is 1. The van der Waals surface area contributed by atoms with E-state index in [0.29, 0.717) is 23.5 Å². The number of morpholine rings is 1. The van der Waals surface area contributed by atoms with Crippen LogP contribution in [0.25, 0.3) is 21.9 Å². The second-order valence-electron chi connectivity index (χ2n) is 13.6. The van der Waals surface area contributed by atoms with Crippen molar-refractivity contribution in [2.24, 2.45) is 0 Å². The first kappa shape index (κ1) is 38.6. The number of methoxy groups -OCH3 is 2. The molecule has 2 heterocycles. The fraction of sp³-hybridized carbons (Fsp3) is 0.395. The molecule has 1 fully saturated rings. The molecular weight excluding hydrogens is 685 g/mol. The maximum Gasteiger partial charge on any atom is 0.323 e. The number of hydrogen-bond acceptors (Lipinski definition) is 9. The van der Waals surface area contributed by atoms with Gasteiger partial charge in [-0.3, -0.25) is 14.7 Å². The van der Waals surface area contributed by atoms with Crippen molar-refractivity contribution in [1.82, 2.24) is 19.9 Å². The number of carbonyl (C=O) groups excluding carboxylic acids is 2. The van der Waals surface area contributed by atoms with Gasteiger partial charge in [0, 0.05) is 56.0 Å². The Balaban J connectivity index is 1.35. The highest BCUT2D eigenvalue weighted by Gasteiger charge is 2.24. The number of urea groups is 1. The number of nitrogens with zero attached hydrogens (tertiary/aromatic N) is 2. The van der Waals surface area contributed by atoms with Crippen molar-refractivity contribution >= 4 is 44.1 Å². The molecule has 278 valence electrons. The van der Waals surface area contributed by atoms with Crippen LogP contribution in [0.3, 0.4) is 0 Å². The number of hydrogen-bond donors (Lipinski definition) is 4. The summed E-state index contributed by atoms with van der Waals surface area (Å²) < 4.78 is 44.6. The number of fused-ring (bicyclic) bond motifs is 1. The first-order valence-electron chi connectivity index (χ1n) is 17.2. The Kier molecular flexibility index (Phi) is 12.8. The second kappa shape index (κ2) is 17.3. The number of aromatic nitrogens is 1. The third kappa shape index (κ3) is 10.3. The van der Waals surface area contributed by atoms with Gasteiger partial charge in [0.25, 0.3) is 0 Å². The first-order valence-corrected chi connectivity index (χ1v) is 18.8. The molecule has 1 saturated heterocycles. The molecule has 52 heavy (non-hydrogen) atoms. The average molecular weight is 733 g/mol. The zero-order valence-corrected chi connectivity index (χ0v) is 31.2. The smallest absolute Gasteiger partial charge is 0.323 e. The van der Waals surface area contributed by atoms with Gasteiger partial charge in [0.2, 0.25) is 15.9 Å². The lowest BCUT2D eigenvalue weighted by atomic mass is 9.85. The summed E-state index contributed by atoms with van der Waals surface area (Å²) >= 11 is 0. The molecule has 0 radical (unpaired) electrons. The van der Waals surface area contributed by atoms with Crippen molar-refractivity contribution in [3.8, 4) is 16.9 Å². The molecule has 13 nitrogen and oxygen atoms in total. The maximum absolute atomic E-state index is 13.6. The summed E-state index contributed by atoms with van der Waals surface area (Å²) in [5.74, 6) is -0.760. The molecule has 0 atom stereocenters. The highest BCUT2D eigenvalue weighted by atomic mass is 32.2. The standard InChI is InChI=1S/C38H48N6O7S/c1-38(2,3)28-20-27(25-52(47,48)41-23-35(45)39-14-17-49-4)36(50-5)34(21-28)43-37(46)42-33-13-12-30(31-8-6-7-9-32(31)33)26-10-11-29(40-22-26)24-44-15-18-51-19-16-44/h6-13,20-22,41H,14-19,23-25H2,1-5H3,(H,39,45)(H2,42,43,46). The second-order valence-corrected chi connectivity index (χ2v) is 15.4. The molecule has 14 heteroatoms. The summed E-state index contributed by atoms with van der Waals surface area (Å²) in [6.45, 7) is 10.1. The minimum Gasteiger partial charge on any atom is -0.494 e. The van der Waals surface area contributed by atoms with Crippen molar-refractivity contribution in [3.63, 3.8) is 0 Å². The van der Waals surface area contributed by atoms with Crippen LogP contribution in [0.1, 0.15) is 37.6 Å². The van der Waals surface area contributed by atoms with Crippen molar-refractivity contribution in [3.05, 3.63) is 83.7 Å². The van der Waals surface area contributed by atoms with E-state index in [2.05, 4.69) is 37.7 Å². The molecule has 0 saturated carbocycles. The van der Waals surface area contributed by atoms with Crippen molar-refractivity contribution in [2.75, 3.05) is 70.9 Å². The van der Waals surface area contributed by atoms with Crippen LogP contribution in [-0.4, -0.2) is 90.5 Å². The molecular formula is C38H48N6O7S. The normalized spacial score (nSPS) is 13.9. The van der Waals surface area contributed by atoms with E-state index in [1.165, 1.54) is 14.2 Å². The number of nitrogens with one attached hydrogen (secondary N) is 4. The Hall–Kier alpha value is -4.60. The molecule has 3 amide bonds. The highest BCUT2D eigenvalue weighted by Crippen LogP contribution is 2.37. The summed E-state index contributed by atoms with van der Waals surface area (Å²) in [7, 11) is -1.05. The van der Waals surface area contributed by atoms with Crippen LogP contribution in [-0.2, 0) is 42.0 Å². The molecule has 0 unspecified atom stereocenters. The predicted octanol–water partition coefficient (Wildman–Crippen LogP) is 4.87. The predicted molar refractivity (Wildman–Crippen MR) is 203 cm³/mol. The topological polar surface area (TPSA) is 160 Å². The zero-order chi connectivity index (χ0) is 37.3. The molecule has 4 N–H and O–H groups in total. The number of anilines is 2. The summed E-state index contributed by atoms with van der Waals surface area (Å²) in [5.41, 5.74) is 4.56. The van der Waals surface area contributed by atoms with Crippen LogP contribution >= 0.6 is 0 Å². The Morgan fingerprint density at radius 3 is 2.35 bits per heavy atom. The van der Waals surface area contributed by atoms with E-state index < -0.39 is 39.7 Å². The van der Waals surface area contributed by atoms with E-state index in [1.54, 1.807) is 12.1 Å². The van der Waals surface area contributed by atoms with Gasteiger partial charge < -0.3 is 30.2 Å². The lowest BCUT2D eigenvalue weighted by molar-refractivity contribution is -0.120. The number of rotatable bonds is 14. The third-order valence-corrected chi connectivity index (χ3v) is 9.98. The first-order chi connectivity index (χ1) is 24.9. The van der Waals surface area contributed by atoms with Crippen LogP contribution < -0.4 is 25.4 Å². The Bertz CT molecular complexity index is 1970. The molecule has 1 aliphatic rings. The van der Waals surface area contributed by atoms with Crippen LogP contribution in [0.4, 0.5) is 16.2 Å². The van der Waals surface area contributed by atoms with E-state index in [1.807, 2.05) is 63.4 Å². The SMILES string of the molecule is COCCNC(=O)CNS(=O)(=O)Cc1cc(C(C)(C)C)cc(NC(=O)Nc2ccc(-c3ccc(CN4CCOCC4)nc3)c3ccccc23)c1OC. The van der Waals surface area contributed by atoms with Crippen LogP contribution in [0.5, 0.6) is 5.75 Å². The van der Waals surface area contributed by atoms with Crippen molar-refractivity contribution in [1.29, 1.82) is 0 Å². The fourth-order valence-corrected chi connectivity index (χ4v) is 7.03. The minimum atomic E-state index is -3.97. The van der Waals surface area contributed by atoms with Crippen LogP contribution in [0.15, 0.2) is 66.9 Å². The Labute approximate surface area is 305 Å². The fourth-order valence-electron chi connectivity index (χ4n) is 5.95. The third-order valence-electron chi connectivity index (χ3n) is 8.71. The molecule has 4 aromatic rings. The molecule has 0 bridgehead atoms. The molecule has 0 aliphatic carbocycles. The highest BCUT2D eigenvalue weighted by molar-refractivity contribution is 7.88. The van der Waals surface area contributed by atoms with Gasteiger partial charge in [0.1, 0.15) is 5.75 Å². The van der Waals surface area contributed by atoms with E-state index in [4.69, 9.17) is 19.2 Å². The van der Waals surface area contributed by atoms with E-state index in [0.717, 1.165) is 66.0 Å². The summed E-state index contributed by atoms with van der Waals surface area (Å²) in [6, 6.07) is 18.8. The molecule has 1 aliphatic heterocycles. The van der Waals surface area contributed by atoms with Crippen LogP contribution in [0.2, 0.25) is 0 Å².